The first-order chi connectivity index (χ1) is 24.1. The van der Waals surface area contributed by atoms with Gasteiger partial charge in [-0.3, -0.25) is 38.4 Å². The Bertz CT molecular complexity index is 1320. The number of carbonyl (C=O) groups excluding carboxylic acids is 8. The van der Waals surface area contributed by atoms with Crippen molar-refractivity contribution in [3.8, 4) is 0 Å². The average Bonchev–Trinajstić information content (AvgIpc) is 3.01. The van der Waals surface area contributed by atoms with E-state index in [1.165, 1.54) is 6.08 Å². The predicted molar refractivity (Wildman–Crippen MR) is 184 cm³/mol. The lowest BCUT2D eigenvalue weighted by molar-refractivity contribution is -0.136. The van der Waals surface area contributed by atoms with Crippen LogP contribution in [0.25, 0.3) is 0 Å². The highest BCUT2D eigenvalue weighted by Gasteiger charge is 2.33. The second kappa shape index (κ2) is 24.1. The van der Waals surface area contributed by atoms with Gasteiger partial charge in [0.1, 0.15) is 18.1 Å². The Balaban J connectivity index is 3.22. The summed E-state index contributed by atoms with van der Waals surface area (Å²) in [5.74, 6) is -7.75. The number of nitrogens with two attached hydrogens (primary N) is 3. The third kappa shape index (κ3) is 20.2. The number of allylic oxidation sites excluding steroid dienone is 5. The summed E-state index contributed by atoms with van der Waals surface area (Å²) in [7, 11) is 0. The van der Waals surface area contributed by atoms with Crippen LogP contribution in [0.3, 0.4) is 0 Å². The lowest BCUT2D eigenvalue weighted by atomic mass is 10.00. The molecule has 18 heteroatoms. The first-order valence-corrected chi connectivity index (χ1v) is 16.8. The Morgan fingerprint density at radius 1 is 0.745 bits per heavy atom. The van der Waals surface area contributed by atoms with E-state index in [9.17, 15) is 48.6 Å². The van der Waals surface area contributed by atoms with Crippen LogP contribution in [-0.2, 0) is 38.4 Å². The maximum absolute atomic E-state index is 13.4. The third-order valence-corrected chi connectivity index (χ3v) is 7.43. The van der Waals surface area contributed by atoms with Gasteiger partial charge in [0.25, 0.3) is 0 Å². The molecule has 1 heterocycles. The van der Waals surface area contributed by atoms with Gasteiger partial charge in [0.2, 0.25) is 47.3 Å². The molecule has 18 nitrogen and oxygen atoms in total. The maximum Gasteiger partial charge on any atom is 0.243 e. The van der Waals surface area contributed by atoms with Crippen LogP contribution in [0, 0.1) is 0 Å². The number of hydrogen-bond donors (Lipinski definition) is 10. The van der Waals surface area contributed by atoms with Gasteiger partial charge in [-0.1, -0.05) is 56.2 Å². The van der Waals surface area contributed by atoms with Crippen molar-refractivity contribution in [3.63, 3.8) is 0 Å². The monoisotopic (exact) mass is 720 g/mol. The Morgan fingerprint density at radius 3 is 1.82 bits per heavy atom. The van der Waals surface area contributed by atoms with Gasteiger partial charge >= 0.3 is 0 Å². The summed E-state index contributed by atoms with van der Waals surface area (Å²) in [6.45, 7) is 1.89. The van der Waals surface area contributed by atoms with E-state index >= 15 is 0 Å². The van der Waals surface area contributed by atoms with Crippen LogP contribution in [0.4, 0.5) is 0 Å². The van der Waals surface area contributed by atoms with Crippen molar-refractivity contribution < 1.29 is 48.6 Å². The summed E-state index contributed by atoms with van der Waals surface area (Å²) >= 11 is 0. The molecule has 1 rings (SSSR count). The minimum atomic E-state index is -1.73. The molecule has 13 N–H and O–H groups in total. The van der Waals surface area contributed by atoms with Crippen LogP contribution < -0.4 is 43.8 Å². The van der Waals surface area contributed by atoms with Gasteiger partial charge in [0, 0.05) is 31.8 Å². The summed E-state index contributed by atoms with van der Waals surface area (Å²) in [4.78, 5) is 100. The maximum atomic E-state index is 13.4. The standard InChI is InChI=1S/C33H52N8O10/c1-2-3-4-5-6-7-8-9-10-11-21(42)16-22(43)14-20-15-30(48)37-13-12-29(47)39-23(17-26(34)44)32(50)41-25(19-28(36)46)33(51)40-24(18-27(35)45)31(49)38-20/h6-11,20-25,42-43H,2-5,12-19H2,1H3,(H2,34,44)(H2,35,45)(H2,36,46)(H,37,48)(H,38,49)(H,39,47)(H,40,51)(H,41,50)/b7-6+,9-8+,11-10+/t20-,21-,22-,23-,24+,25-/m1/s1. The molecule has 6 atom stereocenters. The highest BCUT2D eigenvalue weighted by atomic mass is 16.3. The zero-order chi connectivity index (χ0) is 38.3. The average molecular weight is 721 g/mol. The van der Waals surface area contributed by atoms with Crippen molar-refractivity contribution >= 4 is 47.3 Å². The summed E-state index contributed by atoms with van der Waals surface area (Å²) in [5.41, 5.74) is 15.8. The second-order valence-electron chi connectivity index (χ2n) is 12.1. The quantitative estimate of drug-likeness (QED) is 0.0544. The Labute approximate surface area is 296 Å². The summed E-state index contributed by atoms with van der Waals surface area (Å²) in [6, 6.07) is -6.10. The Kier molecular flexibility index (Phi) is 20.8. The van der Waals surface area contributed by atoms with E-state index in [4.69, 9.17) is 17.2 Å². The minimum absolute atomic E-state index is 0.173. The highest BCUT2D eigenvalue weighted by Crippen LogP contribution is 2.11. The lowest BCUT2D eigenvalue weighted by Crippen LogP contribution is -2.59. The molecule has 8 amide bonds. The van der Waals surface area contributed by atoms with Crippen molar-refractivity contribution in [3.05, 3.63) is 36.5 Å². The van der Waals surface area contributed by atoms with Gasteiger partial charge in [-0.15, -0.1) is 0 Å². The molecule has 1 saturated heterocycles. The number of nitrogens with one attached hydrogen (secondary N) is 5. The van der Waals surface area contributed by atoms with Gasteiger partial charge in [-0.2, -0.15) is 0 Å². The van der Waals surface area contributed by atoms with E-state index in [0.29, 0.717) is 0 Å². The molecule has 0 aliphatic carbocycles. The normalized spacial score (nSPS) is 22.8. The molecule has 1 aliphatic rings. The van der Waals surface area contributed by atoms with Crippen molar-refractivity contribution in [2.24, 2.45) is 17.2 Å². The van der Waals surface area contributed by atoms with Crippen LogP contribution in [0.1, 0.15) is 77.6 Å². The second-order valence-corrected chi connectivity index (χ2v) is 12.1. The highest BCUT2D eigenvalue weighted by molar-refractivity contribution is 5.98. The molecule has 0 saturated carbocycles. The summed E-state index contributed by atoms with van der Waals surface area (Å²) in [5, 5.41) is 32.8. The first kappa shape index (κ1) is 43.9. The van der Waals surface area contributed by atoms with E-state index in [0.717, 1.165) is 25.7 Å². The SMILES string of the molecule is CCCCC/C=C/C=C/C=C/[C@@H](O)C[C@H](O)C[C@@H]1CC(=O)NCCC(=O)N[C@H](CC(N)=O)C(=O)N[C@H](CC(N)=O)C(=O)N[C@@H](CC(N)=O)C(=O)N1. The molecule has 1 aliphatic heterocycles. The molecular weight excluding hydrogens is 668 g/mol. The zero-order valence-corrected chi connectivity index (χ0v) is 28.8. The van der Waals surface area contributed by atoms with Gasteiger partial charge in [0.05, 0.1) is 31.5 Å². The first-order valence-electron chi connectivity index (χ1n) is 16.8. The number of primary amides is 3. The molecule has 0 unspecified atom stereocenters. The molecule has 0 aromatic heterocycles. The van der Waals surface area contributed by atoms with Gasteiger partial charge < -0.3 is 54.0 Å². The molecule has 51 heavy (non-hydrogen) atoms. The molecule has 284 valence electrons. The molecule has 1 fully saturated rings. The lowest BCUT2D eigenvalue weighted by Gasteiger charge is -2.26. The summed E-state index contributed by atoms with van der Waals surface area (Å²) in [6.07, 6.45) is 9.08. The predicted octanol–water partition coefficient (Wildman–Crippen LogP) is -2.79. The van der Waals surface area contributed by atoms with Crippen LogP contribution in [0.2, 0.25) is 0 Å². The van der Waals surface area contributed by atoms with Gasteiger partial charge in [0.15, 0.2) is 0 Å². The van der Waals surface area contributed by atoms with Crippen LogP contribution >= 0.6 is 0 Å². The van der Waals surface area contributed by atoms with Gasteiger partial charge in [-0.25, -0.2) is 0 Å². The minimum Gasteiger partial charge on any atom is -0.393 e. The molecule has 0 spiro atoms. The zero-order valence-electron chi connectivity index (χ0n) is 28.8. The van der Waals surface area contributed by atoms with E-state index in [1.807, 2.05) is 12.2 Å². The number of rotatable bonds is 17. The Morgan fingerprint density at radius 2 is 1.27 bits per heavy atom. The molecule has 0 aromatic rings. The van der Waals surface area contributed by atoms with E-state index < -0.39 is 109 Å². The van der Waals surface area contributed by atoms with Crippen molar-refractivity contribution in [1.29, 1.82) is 0 Å². The number of amides is 8. The number of aliphatic hydroxyl groups excluding tert-OH is 2. The number of hydrogen-bond acceptors (Lipinski definition) is 10. The van der Waals surface area contributed by atoms with Gasteiger partial charge in [-0.05, 0) is 19.3 Å². The fraction of sp³-hybridized carbons (Fsp3) is 0.576. The van der Waals surface area contributed by atoms with E-state index in [2.05, 4.69) is 33.5 Å². The fourth-order valence-corrected chi connectivity index (χ4v) is 4.94. The van der Waals surface area contributed by atoms with Crippen LogP contribution in [0.15, 0.2) is 36.5 Å². The number of unbranched alkanes of at least 4 members (excludes halogenated alkanes) is 3. The van der Waals surface area contributed by atoms with Crippen molar-refractivity contribution in [2.75, 3.05) is 6.54 Å². The third-order valence-electron chi connectivity index (χ3n) is 7.43. The van der Waals surface area contributed by atoms with Crippen molar-refractivity contribution in [2.45, 2.75) is 114 Å². The number of aliphatic hydroxyl groups is 2. The summed E-state index contributed by atoms with van der Waals surface area (Å²) < 4.78 is 0. The molecule has 0 radical (unpaired) electrons. The van der Waals surface area contributed by atoms with E-state index in [-0.39, 0.29) is 25.8 Å². The smallest absolute Gasteiger partial charge is 0.243 e. The van der Waals surface area contributed by atoms with Crippen LogP contribution in [0.5, 0.6) is 0 Å². The molecular formula is C33H52N8O10. The van der Waals surface area contributed by atoms with Crippen molar-refractivity contribution in [1.82, 2.24) is 26.6 Å². The topological polar surface area (TPSA) is 315 Å². The van der Waals surface area contributed by atoms with E-state index in [1.54, 1.807) is 18.2 Å². The Hall–Kier alpha value is -5.10. The largest absolute Gasteiger partial charge is 0.393 e. The molecule has 0 aromatic carbocycles. The van der Waals surface area contributed by atoms with Crippen LogP contribution in [-0.4, -0.2) is 100 Å². The number of carbonyl (C=O) groups is 8. The fourth-order valence-electron chi connectivity index (χ4n) is 4.94. The molecule has 0 bridgehead atoms.